The molecule has 1 heterocycles. The topological polar surface area (TPSA) is 46.0 Å². The second-order valence-corrected chi connectivity index (χ2v) is 2.84. The van der Waals surface area contributed by atoms with E-state index in [-0.39, 0.29) is 0 Å². The van der Waals surface area contributed by atoms with Crippen molar-refractivity contribution in [3.05, 3.63) is 11.6 Å². The SMILES string of the molecule is C#CC(C)=CCO/N=C1/CN=CNC1. The Morgan fingerprint density at radius 3 is 3.43 bits per heavy atom. The minimum atomic E-state index is 0.406. The molecular formula is C10H13N3O. The van der Waals surface area contributed by atoms with Gasteiger partial charge in [0.1, 0.15) is 6.61 Å². The Kier molecular flexibility index (Phi) is 4.29. The molecule has 0 aliphatic carbocycles. The summed E-state index contributed by atoms with van der Waals surface area (Å²) in [6.07, 6.45) is 8.64. The first-order valence-corrected chi connectivity index (χ1v) is 4.35. The third-order valence-electron chi connectivity index (χ3n) is 1.65. The standard InChI is InChI=1S/C10H13N3O/c1-3-9(2)4-5-14-13-10-6-11-8-12-7-10/h1,4,8H,5-7H2,2H3,(H,11,12). The summed E-state index contributed by atoms with van der Waals surface area (Å²) >= 11 is 0. The van der Waals surface area contributed by atoms with Gasteiger partial charge >= 0.3 is 0 Å². The highest BCUT2D eigenvalue weighted by Gasteiger charge is 2.01. The minimum Gasteiger partial charge on any atom is -0.391 e. The number of nitrogens with zero attached hydrogens (tertiary/aromatic N) is 2. The van der Waals surface area contributed by atoms with Crippen LogP contribution in [0.15, 0.2) is 21.8 Å². The normalized spacial score (nSPS) is 18.9. The Bertz CT molecular complexity index is 310. The molecule has 1 aliphatic rings. The summed E-state index contributed by atoms with van der Waals surface area (Å²) < 4.78 is 0. The van der Waals surface area contributed by atoms with Crippen molar-refractivity contribution in [2.75, 3.05) is 19.7 Å². The largest absolute Gasteiger partial charge is 0.391 e. The van der Waals surface area contributed by atoms with E-state index >= 15 is 0 Å². The first-order valence-electron chi connectivity index (χ1n) is 4.35. The Hall–Kier alpha value is -1.76. The van der Waals surface area contributed by atoms with E-state index in [1.54, 1.807) is 6.34 Å². The highest BCUT2D eigenvalue weighted by atomic mass is 16.6. The lowest BCUT2D eigenvalue weighted by Crippen LogP contribution is -2.28. The van der Waals surface area contributed by atoms with Gasteiger partial charge in [0.05, 0.1) is 25.1 Å². The van der Waals surface area contributed by atoms with Crippen molar-refractivity contribution in [3.8, 4) is 12.3 Å². The smallest absolute Gasteiger partial charge is 0.136 e. The zero-order valence-electron chi connectivity index (χ0n) is 8.16. The Morgan fingerprint density at radius 2 is 2.79 bits per heavy atom. The van der Waals surface area contributed by atoms with Gasteiger partial charge < -0.3 is 10.2 Å². The number of rotatable bonds is 3. The van der Waals surface area contributed by atoms with Crippen LogP contribution in [-0.2, 0) is 4.84 Å². The molecule has 1 N–H and O–H groups in total. The maximum absolute atomic E-state index is 5.16. The van der Waals surface area contributed by atoms with Crippen molar-refractivity contribution in [1.82, 2.24) is 5.32 Å². The minimum absolute atomic E-state index is 0.406. The quantitative estimate of drug-likeness (QED) is 0.403. The first-order chi connectivity index (χ1) is 6.83. The molecule has 0 amide bonds. The van der Waals surface area contributed by atoms with E-state index in [0.29, 0.717) is 19.7 Å². The zero-order valence-corrected chi connectivity index (χ0v) is 8.16. The molecule has 0 radical (unpaired) electrons. The lowest BCUT2D eigenvalue weighted by Gasteiger charge is -2.07. The lowest BCUT2D eigenvalue weighted by atomic mass is 10.3. The van der Waals surface area contributed by atoms with Gasteiger partial charge in [-0.25, -0.2) is 0 Å². The van der Waals surface area contributed by atoms with E-state index in [1.807, 2.05) is 13.0 Å². The van der Waals surface area contributed by atoms with Crippen LogP contribution in [0.2, 0.25) is 0 Å². The van der Waals surface area contributed by atoms with Crippen LogP contribution >= 0.6 is 0 Å². The highest BCUT2D eigenvalue weighted by molar-refractivity contribution is 5.92. The number of hydrogen-bond acceptors (Lipinski definition) is 4. The van der Waals surface area contributed by atoms with Gasteiger partial charge in [0.25, 0.3) is 0 Å². The molecule has 0 aromatic heterocycles. The molecule has 74 valence electrons. The van der Waals surface area contributed by atoms with Gasteiger partial charge in [-0.1, -0.05) is 11.1 Å². The Morgan fingerprint density at radius 1 is 1.93 bits per heavy atom. The molecule has 0 aromatic carbocycles. The lowest BCUT2D eigenvalue weighted by molar-refractivity contribution is 0.173. The van der Waals surface area contributed by atoms with Crippen molar-refractivity contribution in [2.24, 2.45) is 10.1 Å². The van der Waals surface area contributed by atoms with Crippen LogP contribution in [0.4, 0.5) is 0 Å². The molecule has 4 nitrogen and oxygen atoms in total. The van der Waals surface area contributed by atoms with Crippen LogP contribution in [0.1, 0.15) is 6.92 Å². The summed E-state index contributed by atoms with van der Waals surface area (Å²) in [5, 5.41) is 6.86. The van der Waals surface area contributed by atoms with Crippen LogP contribution in [0, 0.1) is 12.3 Å². The average Bonchev–Trinajstić information content (AvgIpc) is 2.25. The summed E-state index contributed by atoms with van der Waals surface area (Å²) in [6, 6.07) is 0. The van der Waals surface area contributed by atoms with Gasteiger partial charge in [-0.05, 0) is 18.6 Å². The summed E-state index contributed by atoms with van der Waals surface area (Å²) in [4.78, 5) is 9.04. The molecule has 0 atom stereocenters. The fraction of sp³-hybridized carbons (Fsp3) is 0.400. The second kappa shape index (κ2) is 5.81. The molecule has 1 rings (SSSR count). The summed E-state index contributed by atoms with van der Waals surface area (Å²) in [7, 11) is 0. The van der Waals surface area contributed by atoms with E-state index in [0.717, 1.165) is 11.3 Å². The van der Waals surface area contributed by atoms with Gasteiger partial charge in [-0.2, -0.15) is 0 Å². The van der Waals surface area contributed by atoms with E-state index < -0.39 is 0 Å². The molecule has 0 spiro atoms. The molecular weight excluding hydrogens is 178 g/mol. The fourth-order valence-corrected chi connectivity index (χ4v) is 0.846. The molecule has 0 saturated heterocycles. The number of hydrogen-bond donors (Lipinski definition) is 1. The molecule has 1 aliphatic heterocycles. The molecule has 4 heteroatoms. The fourth-order valence-electron chi connectivity index (χ4n) is 0.846. The van der Waals surface area contributed by atoms with Crippen molar-refractivity contribution in [3.63, 3.8) is 0 Å². The van der Waals surface area contributed by atoms with Crippen molar-refractivity contribution in [2.45, 2.75) is 6.92 Å². The summed E-state index contributed by atoms with van der Waals surface area (Å²) in [5.41, 5.74) is 1.74. The summed E-state index contributed by atoms with van der Waals surface area (Å²) in [5.74, 6) is 2.50. The number of terminal acetylenes is 1. The van der Waals surface area contributed by atoms with Crippen LogP contribution in [-0.4, -0.2) is 31.7 Å². The van der Waals surface area contributed by atoms with E-state index in [4.69, 9.17) is 11.3 Å². The van der Waals surface area contributed by atoms with Gasteiger partial charge in [-0.15, -0.1) is 6.42 Å². The molecule has 14 heavy (non-hydrogen) atoms. The van der Waals surface area contributed by atoms with Crippen LogP contribution in [0.25, 0.3) is 0 Å². The average molecular weight is 191 g/mol. The molecule has 0 aromatic rings. The predicted octanol–water partition coefficient (Wildman–Crippen LogP) is 0.570. The van der Waals surface area contributed by atoms with Gasteiger partial charge in [0.2, 0.25) is 0 Å². The maximum Gasteiger partial charge on any atom is 0.136 e. The monoisotopic (exact) mass is 191 g/mol. The van der Waals surface area contributed by atoms with E-state index in [9.17, 15) is 0 Å². The van der Waals surface area contributed by atoms with Crippen molar-refractivity contribution in [1.29, 1.82) is 0 Å². The second-order valence-electron chi connectivity index (χ2n) is 2.84. The number of nitrogens with one attached hydrogen (secondary N) is 1. The van der Waals surface area contributed by atoms with Crippen molar-refractivity contribution >= 4 is 12.1 Å². The Labute approximate surface area is 83.7 Å². The Balaban J connectivity index is 2.27. The maximum atomic E-state index is 5.16. The van der Waals surface area contributed by atoms with E-state index in [2.05, 4.69) is 21.4 Å². The number of allylic oxidation sites excluding steroid dienone is 1. The van der Waals surface area contributed by atoms with Crippen LogP contribution in [0.3, 0.4) is 0 Å². The molecule has 0 bridgehead atoms. The van der Waals surface area contributed by atoms with Gasteiger partial charge in [0, 0.05) is 0 Å². The molecule has 0 fully saturated rings. The third-order valence-corrected chi connectivity index (χ3v) is 1.65. The summed E-state index contributed by atoms with van der Waals surface area (Å²) in [6.45, 7) is 3.55. The third kappa shape index (κ3) is 3.76. The van der Waals surface area contributed by atoms with Crippen LogP contribution in [0.5, 0.6) is 0 Å². The highest BCUT2D eigenvalue weighted by Crippen LogP contribution is 1.91. The number of oxime groups is 1. The van der Waals surface area contributed by atoms with Gasteiger partial charge in [-0.3, -0.25) is 4.99 Å². The zero-order chi connectivity index (χ0) is 10.2. The van der Waals surface area contributed by atoms with Crippen LogP contribution < -0.4 is 5.32 Å². The predicted molar refractivity (Wildman–Crippen MR) is 57.3 cm³/mol. The van der Waals surface area contributed by atoms with Crippen molar-refractivity contribution < 1.29 is 4.84 Å². The van der Waals surface area contributed by atoms with E-state index in [1.165, 1.54) is 0 Å². The molecule has 0 saturated carbocycles. The van der Waals surface area contributed by atoms with Gasteiger partial charge in [0.15, 0.2) is 0 Å². The number of aliphatic imine (C=N–C) groups is 1. The molecule has 0 unspecified atom stereocenters. The first kappa shape index (κ1) is 10.3.